The molecule has 47 heavy (non-hydrogen) atoms. The Morgan fingerprint density at radius 2 is 1.55 bits per heavy atom. The summed E-state index contributed by atoms with van der Waals surface area (Å²) in [5, 5.41) is 14.6. The van der Waals surface area contributed by atoms with E-state index in [4.69, 9.17) is 9.40 Å². The van der Waals surface area contributed by atoms with Gasteiger partial charge in [-0.15, -0.1) is 40.5 Å². The van der Waals surface area contributed by atoms with Crippen molar-refractivity contribution < 1.29 is 34.4 Å². The zero-order chi connectivity index (χ0) is 33.8. The van der Waals surface area contributed by atoms with Crippen LogP contribution in [-0.4, -0.2) is 15.9 Å². The molecule has 2 aromatic carbocycles. The molecule has 6 heteroatoms. The molecule has 0 amide bonds. The summed E-state index contributed by atoms with van der Waals surface area (Å²) < 4.78 is 7.42. The normalized spacial score (nSPS) is 12.6. The number of fused-ring (bicyclic) bond motifs is 4. The van der Waals surface area contributed by atoms with Gasteiger partial charge in [-0.05, 0) is 54.0 Å². The van der Waals surface area contributed by atoms with Gasteiger partial charge in [0.25, 0.3) is 0 Å². The monoisotopic (exact) mass is 831 g/mol. The molecule has 0 atom stereocenters. The molecule has 0 aliphatic heterocycles. The minimum Gasteiger partial charge on any atom is -0.512 e. The summed E-state index contributed by atoms with van der Waals surface area (Å²) in [5.41, 5.74) is 3.59. The number of rotatable bonds is 9. The Morgan fingerprint density at radius 3 is 2.15 bits per heavy atom. The molecular weight excluding hydrogens is 779 g/mol. The maximum absolute atomic E-state index is 11.7. The number of carbonyl (C=O) groups is 1. The third kappa shape index (κ3) is 9.22. The summed E-state index contributed by atoms with van der Waals surface area (Å²) in [4.78, 5) is 17.5. The minimum atomic E-state index is 0. The number of pyridine rings is 1. The maximum Gasteiger partial charge on any atom is 0.188 e. The van der Waals surface area contributed by atoms with Crippen LogP contribution in [0.5, 0.6) is 0 Å². The number of thiophene rings is 1. The fraction of sp³-hybridized carbons (Fsp3) is 0.463. The van der Waals surface area contributed by atoms with Crippen LogP contribution in [0.2, 0.25) is 0 Å². The Labute approximate surface area is 299 Å². The van der Waals surface area contributed by atoms with E-state index in [0.29, 0.717) is 0 Å². The van der Waals surface area contributed by atoms with Gasteiger partial charge in [0.05, 0.1) is 5.76 Å². The third-order valence-corrected chi connectivity index (χ3v) is 9.87. The van der Waals surface area contributed by atoms with Gasteiger partial charge in [-0.25, -0.2) is 0 Å². The maximum atomic E-state index is 11.7. The molecule has 0 aliphatic carbocycles. The molecule has 0 fully saturated rings. The van der Waals surface area contributed by atoms with Crippen molar-refractivity contribution in [3.05, 3.63) is 77.9 Å². The molecule has 5 rings (SSSR count). The fourth-order valence-electron chi connectivity index (χ4n) is 6.10. The van der Waals surface area contributed by atoms with E-state index >= 15 is 0 Å². The Bertz CT molecular complexity index is 1820. The molecule has 1 radical (unpaired) electrons. The van der Waals surface area contributed by atoms with Gasteiger partial charge in [0.1, 0.15) is 5.76 Å². The number of ketones is 1. The summed E-state index contributed by atoms with van der Waals surface area (Å²) in [6, 6.07) is 18.8. The number of aromatic nitrogens is 1. The van der Waals surface area contributed by atoms with Gasteiger partial charge in [-0.2, -0.15) is 0 Å². The van der Waals surface area contributed by atoms with Crippen molar-refractivity contribution in [2.24, 2.45) is 17.3 Å². The fourth-order valence-corrected chi connectivity index (χ4v) is 7.26. The van der Waals surface area contributed by atoms with Gasteiger partial charge in [-0.3, -0.25) is 9.78 Å². The van der Waals surface area contributed by atoms with E-state index in [1.807, 2.05) is 33.9 Å². The molecule has 4 nitrogen and oxygen atoms in total. The number of carbonyl (C=O) groups excluding carboxylic acids is 1. The molecule has 0 saturated carbocycles. The average Bonchev–Trinajstić information content (AvgIpc) is 3.53. The molecule has 0 unspecified atom stereocenters. The zero-order valence-corrected chi connectivity index (χ0v) is 33.1. The van der Waals surface area contributed by atoms with Crippen molar-refractivity contribution in [3.63, 3.8) is 0 Å². The van der Waals surface area contributed by atoms with Crippen molar-refractivity contribution >= 4 is 48.3 Å². The summed E-state index contributed by atoms with van der Waals surface area (Å²) >= 11 is 1.70. The van der Waals surface area contributed by atoms with Gasteiger partial charge >= 0.3 is 0 Å². The summed E-state index contributed by atoms with van der Waals surface area (Å²) in [6.07, 6.45) is 7.75. The number of aliphatic hydroxyl groups is 1. The smallest absolute Gasteiger partial charge is 0.188 e. The molecule has 3 aromatic heterocycles. The molecule has 0 saturated heterocycles. The van der Waals surface area contributed by atoms with E-state index in [2.05, 4.69) is 90.1 Å². The zero-order valence-electron chi connectivity index (χ0n) is 29.8. The van der Waals surface area contributed by atoms with Crippen LogP contribution < -0.4 is 0 Å². The van der Waals surface area contributed by atoms with Crippen molar-refractivity contribution in [1.82, 2.24) is 4.98 Å². The first-order valence-electron chi connectivity index (χ1n) is 16.9. The van der Waals surface area contributed by atoms with Gasteiger partial charge in [0.15, 0.2) is 10.7 Å². The Kier molecular flexibility index (Phi) is 13.2. The van der Waals surface area contributed by atoms with Crippen LogP contribution in [-0.2, 0) is 36.7 Å². The number of hydrogen-bond acceptors (Lipinski definition) is 5. The third-order valence-electron chi connectivity index (χ3n) is 8.76. The standard InChI is InChI=1S/C28H28NOS.C13H24O2.Ir/c1-27(2,3)16-19-15-22-21-11-12-29-24(25(21)31-26(22)30-19)18-13-17-9-7-8-10-20(17)23(14-18)28(4,5)6;1-5-10(6-2)12(14)9-13(15)11(7-3)8-4;/h7-12,14-15H,16H2,1-6H3;9-11,14H,5-8H2,1-4H3;/q-1;;/b;12-9-;. The summed E-state index contributed by atoms with van der Waals surface area (Å²) in [7, 11) is 0. The molecule has 255 valence electrons. The first kappa shape index (κ1) is 38.7. The van der Waals surface area contributed by atoms with Crippen LogP contribution in [0.25, 0.3) is 42.4 Å². The Hall–Kier alpha value is -2.79. The average molecular weight is 831 g/mol. The van der Waals surface area contributed by atoms with Crippen molar-refractivity contribution in [2.45, 2.75) is 107 Å². The van der Waals surface area contributed by atoms with Gasteiger partial charge in [0, 0.05) is 66.4 Å². The molecule has 1 N–H and O–H groups in total. The Balaban J connectivity index is 0.000000322. The van der Waals surface area contributed by atoms with E-state index in [1.54, 1.807) is 11.3 Å². The van der Waals surface area contributed by atoms with Crippen LogP contribution >= 0.6 is 11.3 Å². The van der Waals surface area contributed by atoms with Gasteiger partial charge in [-0.1, -0.05) is 98.4 Å². The topological polar surface area (TPSA) is 63.3 Å². The molecule has 3 heterocycles. The van der Waals surface area contributed by atoms with E-state index in [1.165, 1.54) is 32.5 Å². The number of nitrogens with zero attached hydrogens (tertiary/aromatic N) is 1. The molecular formula is C41H52IrNO3S-. The number of hydrogen-bond donors (Lipinski definition) is 1. The summed E-state index contributed by atoms with van der Waals surface area (Å²) in [5.74, 6) is 1.60. The quantitative estimate of drug-likeness (QED) is 0.0913. The second-order valence-electron chi connectivity index (χ2n) is 14.7. The summed E-state index contributed by atoms with van der Waals surface area (Å²) in [6.45, 7) is 21.6. The second kappa shape index (κ2) is 16.1. The second-order valence-corrected chi connectivity index (χ2v) is 15.7. The Morgan fingerprint density at radius 1 is 0.915 bits per heavy atom. The molecule has 5 aromatic rings. The van der Waals surface area contributed by atoms with Crippen LogP contribution in [0.4, 0.5) is 0 Å². The molecule has 0 bridgehead atoms. The number of furan rings is 1. The molecule has 0 spiro atoms. The van der Waals surface area contributed by atoms with Gasteiger partial charge in [0.2, 0.25) is 0 Å². The van der Waals surface area contributed by atoms with Crippen LogP contribution in [0.1, 0.15) is 106 Å². The van der Waals surface area contributed by atoms with Gasteiger partial charge < -0.3 is 9.52 Å². The van der Waals surface area contributed by atoms with E-state index in [0.717, 1.165) is 59.4 Å². The first-order chi connectivity index (χ1) is 21.7. The first-order valence-corrected chi connectivity index (χ1v) is 17.7. The van der Waals surface area contributed by atoms with Crippen LogP contribution in [0.15, 0.2) is 64.9 Å². The number of aliphatic hydroxyl groups excluding tert-OH is 1. The minimum absolute atomic E-state index is 0. The predicted molar refractivity (Wildman–Crippen MR) is 197 cm³/mol. The van der Waals surface area contributed by atoms with Crippen LogP contribution in [0, 0.1) is 23.3 Å². The number of benzene rings is 2. The molecule has 0 aliphatic rings. The van der Waals surface area contributed by atoms with Crippen molar-refractivity contribution in [3.8, 4) is 11.3 Å². The largest absolute Gasteiger partial charge is 0.512 e. The van der Waals surface area contributed by atoms with E-state index in [9.17, 15) is 9.90 Å². The number of allylic oxidation sites excluding steroid dienone is 2. The van der Waals surface area contributed by atoms with Crippen LogP contribution in [0.3, 0.4) is 0 Å². The SMILES string of the molecule is CC(C)(C)Cc1cc2c(o1)sc1c(-c3[c-]c4ccccc4c(C(C)(C)C)c3)nccc12.CCC(CC)C(=O)/C=C(\O)C(CC)CC.[Ir]. The van der Waals surface area contributed by atoms with E-state index in [-0.39, 0.29) is 54.3 Å². The predicted octanol–water partition coefficient (Wildman–Crippen LogP) is 12.4. The van der Waals surface area contributed by atoms with Crippen molar-refractivity contribution in [1.29, 1.82) is 0 Å². The van der Waals surface area contributed by atoms with E-state index < -0.39 is 0 Å². The van der Waals surface area contributed by atoms with Crippen molar-refractivity contribution in [2.75, 3.05) is 0 Å².